The third kappa shape index (κ3) is 2.61. The summed E-state index contributed by atoms with van der Waals surface area (Å²) in [6.07, 6.45) is 1.22. The largest absolute Gasteiger partial charge is 0.347 e. The summed E-state index contributed by atoms with van der Waals surface area (Å²) in [5, 5.41) is 2.31. The van der Waals surface area contributed by atoms with Gasteiger partial charge in [-0.25, -0.2) is 0 Å². The SMILES string of the molecule is CN1C(=O)Cc2cc(CCNC(=O)S)ccc21. The van der Waals surface area contributed by atoms with Gasteiger partial charge in [0.2, 0.25) is 5.91 Å². The van der Waals surface area contributed by atoms with Gasteiger partial charge in [-0.3, -0.25) is 9.59 Å². The lowest BCUT2D eigenvalue weighted by molar-refractivity contribution is -0.117. The molecule has 1 aromatic rings. The van der Waals surface area contributed by atoms with Crippen LogP contribution in [0.2, 0.25) is 0 Å². The maximum Gasteiger partial charge on any atom is 0.275 e. The molecule has 17 heavy (non-hydrogen) atoms. The molecule has 0 bridgehead atoms. The van der Waals surface area contributed by atoms with Crippen LogP contribution in [0.1, 0.15) is 11.1 Å². The molecule has 0 aromatic heterocycles. The lowest BCUT2D eigenvalue weighted by atomic mass is 10.1. The van der Waals surface area contributed by atoms with Crippen molar-refractivity contribution in [1.82, 2.24) is 5.32 Å². The summed E-state index contributed by atoms with van der Waals surface area (Å²) < 4.78 is 0. The molecular formula is C12H14N2O2S. The molecule has 1 aliphatic heterocycles. The summed E-state index contributed by atoms with van der Waals surface area (Å²) in [6, 6.07) is 5.97. The molecule has 5 heteroatoms. The smallest absolute Gasteiger partial charge is 0.275 e. The first-order valence-electron chi connectivity index (χ1n) is 5.43. The van der Waals surface area contributed by atoms with Crippen LogP contribution in [0.4, 0.5) is 10.5 Å². The molecule has 0 unspecified atom stereocenters. The molecule has 2 rings (SSSR count). The number of thiol groups is 1. The van der Waals surface area contributed by atoms with Crippen LogP contribution in [0.5, 0.6) is 0 Å². The molecule has 1 aromatic carbocycles. The van der Waals surface area contributed by atoms with E-state index in [1.165, 1.54) is 0 Å². The van der Waals surface area contributed by atoms with Crippen molar-refractivity contribution >= 4 is 29.5 Å². The number of benzene rings is 1. The van der Waals surface area contributed by atoms with Gasteiger partial charge in [-0.05, 0) is 23.6 Å². The Morgan fingerprint density at radius 1 is 1.53 bits per heavy atom. The number of nitrogens with one attached hydrogen (secondary N) is 1. The fraction of sp³-hybridized carbons (Fsp3) is 0.333. The van der Waals surface area contributed by atoms with Gasteiger partial charge in [-0.2, -0.15) is 0 Å². The predicted octanol–water partition coefficient (Wildman–Crippen LogP) is 1.39. The van der Waals surface area contributed by atoms with E-state index in [0.29, 0.717) is 13.0 Å². The van der Waals surface area contributed by atoms with Crippen LogP contribution in [0, 0.1) is 0 Å². The quantitative estimate of drug-likeness (QED) is 0.796. The van der Waals surface area contributed by atoms with E-state index in [0.717, 1.165) is 23.2 Å². The third-order valence-electron chi connectivity index (χ3n) is 2.91. The van der Waals surface area contributed by atoms with Gasteiger partial charge in [0.1, 0.15) is 0 Å². The fourth-order valence-electron chi connectivity index (χ4n) is 1.99. The summed E-state index contributed by atoms with van der Waals surface area (Å²) >= 11 is 3.63. The molecule has 0 fully saturated rings. The number of hydrogen-bond donors (Lipinski definition) is 2. The molecule has 0 spiro atoms. The Morgan fingerprint density at radius 2 is 2.29 bits per heavy atom. The Hall–Kier alpha value is -1.49. The van der Waals surface area contributed by atoms with E-state index < -0.39 is 0 Å². The van der Waals surface area contributed by atoms with E-state index in [1.807, 2.05) is 18.2 Å². The van der Waals surface area contributed by atoms with E-state index in [2.05, 4.69) is 17.9 Å². The van der Waals surface area contributed by atoms with E-state index in [9.17, 15) is 9.59 Å². The number of fused-ring (bicyclic) bond motifs is 1. The zero-order valence-electron chi connectivity index (χ0n) is 9.56. The van der Waals surface area contributed by atoms with Gasteiger partial charge in [0.05, 0.1) is 6.42 Å². The highest BCUT2D eigenvalue weighted by molar-refractivity contribution is 7.96. The van der Waals surface area contributed by atoms with Crippen LogP contribution in [-0.2, 0) is 17.6 Å². The zero-order valence-corrected chi connectivity index (χ0v) is 10.5. The van der Waals surface area contributed by atoms with E-state index in [-0.39, 0.29) is 11.1 Å². The fourth-order valence-corrected chi connectivity index (χ4v) is 2.10. The number of carbonyl (C=O) groups excluding carboxylic acids is 2. The number of carbonyl (C=O) groups is 2. The summed E-state index contributed by atoms with van der Waals surface area (Å²) in [5.41, 5.74) is 3.16. The molecule has 0 atom stereocenters. The van der Waals surface area contributed by atoms with E-state index >= 15 is 0 Å². The standard InChI is InChI=1S/C12H14N2O2S/c1-14-10-3-2-8(4-5-13-12(16)17)6-9(10)7-11(14)15/h2-3,6H,4-5,7H2,1H3,(H2,13,16,17). The van der Waals surface area contributed by atoms with Crippen molar-refractivity contribution in [3.8, 4) is 0 Å². The van der Waals surface area contributed by atoms with Crippen LogP contribution in [-0.4, -0.2) is 24.7 Å². The normalized spacial score (nSPS) is 13.8. The van der Waals surface area contributed by atoms with Crippen molar-refractivity contribution in [3.63, 3.8) is 0 Å². The number of amides is 2. The number of hydrogen-bond acceptors (Lipinski definition) is 2. The van der Waals surface area contributed by atoms with Crippen molar-refractivity contribution < 1.29 is 9.59 Å². The molecule has 0 aliphatic carbocycles. The zero-order chi connectivity index (χ0) is 12.4. The van der Waals surface area contributed by atoms with Gasteiger partial charge in [0, 0.05) is 19.3 Å². The summed E-state index contributed by atoms with van der Waals surface area (Å²) in [7, 11) is 1.79. The average molecular weight is 250 g/mol. The lowest BCUT2D eigenvalue weighted by Gasteiger charge is -2.10. The predicted molar refractivity (Wildman–Crippen MR) is 69.6 cm³/mol. The van der Waals surface area contributed by atoms with Gasteiger partial charge < -0.3 is 10.2 Å². The monoisotopic (exact) mass is 250 g/mol. The van der Waals surface area contributed by atoms with Crippen molar-refractivity contribution in [2.24, 2.45) is 0 Å². The highest BCUT2D eigenvalue weighted by atomic mass is 32.1. The highest BCUT2D eigenvalue weighted by Crippen LogP contribution is 2.28. The molecule has 0 saturated carbocycles. The maximum atomic E-state index is 11.5. The molecule has 90 valence electrons. The molecule has 1 heterocycles. The Balaban J connectivity index is 2.05. The first-order valence-corrected chi connectivity index (χ1v) is 5.88. The van der Waals surface area contributed by atoms with Crippen LogP contribution in [0.3, 0.4) is 0 Å². The molecule has 4 nitrogen and oxygen atoms in total. The van der Waals surface area contributed by atoms with Crippen molar-refractivity contribution in [2.45, 2.75) is 12.8 Å². The highest BCUT2D eigenvalue weighted by Gasteiger charge is 2.23. The molecule has 2 amide bonds. The van der Waals surface area contributed by atoms with Gasteiger partial charge in [0.25, 0.3) is 5.24 Å². The minimum absolute atomic E-state index is 0.126. The number of likely N-dealkylation sites (N-methyl/N-ethyl adjacent to an activating group) is 1. The first kappa shape index (κ1) is 12.0. The topological polar surface area (TPSA) is 49.4 Å². The molecular weight excluding hydrogens is 236 g/mol. The molecule has 0 saturated heterocycles. The second-order valence-electron chi connectivity index (χ2n) is 4.07. The molecule has 1 aliphatic rings. The summed E-state index contributed by atoms with van der Waals surface area (Å²) in [6.45, 7) is 0.560. The van der Waals surface area contributed by atoms with E-state index in [4.69, 9.17) is 0 Å². The minimum atomic E-state index is -0.318. The Labute approximate surface area is 105 Å². The third-order valence-corrected chi connectivity index (χ3v) is 3.07. The van der Waals surface area contributed by atoms with Gasteiger partial charge in [-0.15, -0.1) is 0 Å². The summed E-state index contributed by atoms with van der Waals surface area (Å²) in [4.78, 5) is 23.8. The minimum Gasteiger partial charge on any atom is -0.347 e. The van der Waals surface area contributed by atoms with Gasteiger partial charge >= 0.3 is 0 Å². The summed E-state index contributed by atoms with van der Waals surface area (Å²) in [5.74, 6) is 0.126. The number of anilines is 1. The van der Waals surface area contributed by atoms with Crippen LogP contribution < -0.4 is 10.2 Å². The maximum absolute atomic E-state index is 11.5. The average Bonchev–Trinajstić information content (AvgIpc) is 2.54. The Kier molecular flexibility index (Phi) is 3.38. The number of rotatable bonds is 3. The second-order valence-corrected chi connectivity index (χ2v) is 4.48. The van der Waals surface area contributed by atoms with E-state index in [1.54, 1.807) is 11.9 Å². The lowest BCUT2D eigenvalue weighted by Crippen LogP contribution is -2.20. The Bertz CT molecular complexity index is 474. The Morgan fingerprint density at radius 3 is 3.00 bits per heavy atom. The van der Waals surface area contributed by atoms with Gasteiger partial charge in [-0.1, -0.05) is 24.8 Å². The van der Waals surface area contributed by atoms with Crippen molar-refractivity contribution in [3.05, 3.63) is 29.3 Å². The molecule has 0 radical (unpaired) electrons. The van der Waals surface area contributed by atoms with Crippen LogP contribution in [0.25, 0.3) is 0 Å². The van der Waals surface area contributed by atoms with Gasteiger partial charge in [0.15, 0.2) is 0 Å². The number of nitrogens with zero attached hydrogens (tertiary/aromatic N) is 1. The molecule has 1 N–H and O–H groups in total. The first-order chi connectivity index (χ1) is 8.08. The van der Waals surface area contributed by atoms with Crippen LogP contribution in [0.15, 0.2) is 18.2 Å². The van der Waals surface area contributed by atoms with Crippen LogP contribution >= 0.6 is 12.6 Å². The van der Waals surface area contributed by atoms with Crippen molar-refractivity contribution in [2.75, 3.05) is 18.5 Å². The van der Waals surface area contributed by atoms with Crippen molar-refractivity contribution in [1.29, 1.82) is 0 Å². The second kappa shape index (κ2) is 4.79.